The molecule has 8 heteroatoms. The number of benzene rings is 1. The summed E-state index contributed by atoms with van der Waals surface area (Å²) in [6, 6.07) is 5.17. The Balaban J connectivity index is 0.00000147. The van der Waals surface area contributed by atoms with E-state index in [1.165, 1.54) is 0 Å². The van der Waals surface area contributed by atoms with Gasteiger partial charge in [0.05, 0.1) is 22.3 Å². The van der Waals surface area contributed by atoms with Gasteiger partial charge in [-0.15, -0.1) is 12.4 Å². The lowest BCUT2D eigenvalue weighted by molar-refractivity contribution is -0.0694. The summed E-state index contributed by atoms with van der Waals surface area (Å²) in [4.78, 5) is 6.20. The van der Waals surface area contributed by atoms with E-state index in [1.54, 1.807) is 30.0 Å². The maximum Gasteiger partial charge on any atom is 0.184 e. The largest absolute Gasteiger partial charge is 0.485 e. The van der Waals surface area contributed by atoms with Crippen LogP contribution in [0.15, 0.2) is 23.2 Å². The molecule has 0 bridgehead atoms. The van der Waals surface area contributed by atoms with Crippen LogP contribution in [-0.2, 0) is 0 Å². The Bertz CT molecular complexity index is 523. The molecule has 2 heterocycles. The van der Waals surface area contributed by atoms with Crippen molar-refractivity contribution in [3.63, 3.8) is 0 Å². The van der Waals surface area contributed by atoms with Gasteiger partial charge in [-0.05, 0) is 12.1 Å². The predicted octanol–water partition coefficient (Wildman–Crippen LogP) is 2.90. The molecular formula is C12H13Cl3N2O2S. The van der Waals surface area contributed by atoms with Gasteiger partial charge in [0.25, 0.3) is 0 Å². The molecule has 0 radical (unpaired) electrons. The van der Waals surface area contributed by atoms with Crippen molar-refractivity contribution >= 4 is 52.5 Å². The van der Waals surface area contributed by atoms with Crippen LogP contribution in [0, 0.1) is 0 Å². The SMILES string of the molecule is Cl.OC1(COc2c(Cl)cccc2Cl)CSC2=NCCN21. The van der Waals surface area contributed by atoms with Crippen LogP contribution in [0.5, 0.6) is 5.75 Å². The Kier molecular flexibility index (Phi) is 4.97. The fraction of sp³-hybridized carbons (Fsp3) is 0.417. The molecule has 0 aromatic heterocycles. The molecule has 0 spiro atoms. The fourth-order valence-corrected chi connectivity index (χ4v) is 3.83. The molecule has 2 aliphatic rings. The maximum atomic E-state index is 10.6. The molecule has 1 unspecified atom stereocenters. The van der Waals surface area contributed by atoms with Gasteiger partial charge in [0.2, 0.25) is 0 Å². The lowest BCUT2D eigenvalue weighted by Crippen LogP contribution is -2.51. The smallest absolute Gasteiger partial charge is 0.184 e. The Morgan fingerprint density at radius 2 is 2.10 bits per heavy atom. The third kappa shape index (κ3) is 2.83. The van der Waals surface area contributed by atoms with E-state index in [-0.39, 0.29) is 19.0 Å². The van der Waals surface area contributed by atoms with Crippen molar-refractivity contribution in [3.05, 3.63) is 28.2 Å². The van der Waals surface area contributed by atoms with Gasteiger partial charge in [-0.25, -0.2) is 0 Å². The van der Waals surface area contributed by atoms with Gasteiger partial charge in [-0.1, -0.05) is 41.0 Å². The predicted molar refractivity (Wildman–Crippen MR) is 85.6 cm³/mol. The standard InChI is InChI=1S/C12H12Cl2N2O2S.ClH/c13-8-2-1-3-9(14)10(8)18-6-12(17)7-19-11-15-4-5-16(11)12;/h1-3,17H,4-7H2;1H. The number of rotatable bonds is 3. The number of nitrogens with zero attached hydrogens (tertiary/aromatic N) is 2. The summed E-state index contributed by atoms with van der Waals surface area (Å²) in [5.74, 6) is 0.947. The summed E-state index contributed by atoms with van der Waals surface area (Å²) in [6.07, 6.45) is 0. The first-order valence-electron chi connectivity index (χ1n) is 5.84. The normalized spacial score (nSPS) is 24.1. The average Bonchev–Trinajstić information content (AvgIpc) is 2.94. The number of halogens is 3. The molecule has 1 atom stereocenters. The highest BCUT2D eigenvalue weighted by Gasteiger charge is 2.45. The number of aliphatic imine (C=N–C) groups is 1. The lowest BCUT2D eigenvalue weighted by atomic mass is 10.2. The number of aliphatic hydroxyl groups is 1. The van der Waals surface area contributed by atoms with Crippen molar-refractivity contribution in [2.75, 3.05) is 25.4 Å². The molecule has 1 N–H and O–H groups in total. The van der Waals surface area contributed by atoms with Gasteiger partial charge in [-0.3, -0.25) is 4.99 Å². The number of ether oxygens (including phenoxy) is 1. The van der Waals surface area contributed by atoms with Gasteiger partial charge in [0.15, 0.2) is 16.6 Å². The third-order valence-electron chi connectivity index (χ3n) is 3.10. The van der Waals surface area contributed by atoms with E-state index in [9.17, 15) is 5.11 Å². The van der Waals surface area contributed by atoms with Gasteiger partial charge in [-0.2, -0.15) is 0 Å². The van der Waals surface area contributed by atoms with Crippen molar-refractivity contribution in [2.24, 2.45) is 4.99 Å². The quantitative estimate of drug-likeness (QED) is 0.905. The topological polar surface area (TPSA) is 45.1 Å². The molecule has 2 aliphatic heterocycles. The van der Waals surface area contributed by atoms with E-state index in [0.717, 1.165) is 18.3 Å². The van der Waals surface area contributed by atoms with Crippen molar-refractivity contribution in [2.45, 2.75) is 5.72 Å². The zero-order chi connectivity index (χ0) is 13.5. The minimum Gasteiger partial charge on any atom is -0.485 e. The van der Waals surface area contributed by atoms with Crippen LogP contribution in [0.3, 0.4) is 0 Å². The van der Waals surface area contributed by atoms with Crippen molar-refractivity contribution in [1.82, 2.24) is 4.90 Å². The van der Waals surface area contributed by atoms with Gasteiger partial charge < -0.3 is 14.7 Å². The van der Waals surface area contributed by atoms with Crippen LogP contribution in [0.1, 0.15) is 0 Å². The highest BCUT2D eigenvalue weighted by Crippen LogP contribution is 2.37. The Morgan fingerprint density at radius 1 is 1.40 bits per heavy atom. The molecule has 1 fully saturated rings. The Hall–Kier alpha value is -0.330. The second-order valence-electron chi connectivity index (χ2n) is 4.43. The van der Waals surface area contributed by atoms with Crippen LogP contribution in [0.4, 0.5) is 0 Å². The zero-order valence-electron chi connectivity index (χ0n) is 10.4. The molecule has 3 rings (SSSR count). The maximum absolute atomic E-state index is 10.6. The number of hydrogen-bond donors (Lipinski definition) is 1. The van der Waals surface area contributed by atoms with Crippen LogP contribution in [0.25, 0.3) is 0 Å². The van der Waals surface area contributed by atoms with Gasteiger partial charge >= 0.3 is 0 Å². The van der Waals surface area contributed by atoms with E-state index in [2.05, 4.69) is 4.99 Å². The first-order chi connectivity index (χ1) is 9.10. The molecule has 110 valence electrons. The van der Waals surface area contributed by atoms with E-state index in [1.807, 2.05) is 4.90 Å². The molecule has 1 aromatic rings. The second kappa shape index (κ2) is 6.20. The number of fused-ring (bicyclic) bond motifs is 1. The minimum absolute atomic E-state index is 0. The van der Waals surface area contributed by atoms with E-state index < -0.39 is 5.72 Å². The molecule has 1 aromatic carbocycles. The van der Waals surface area contributed by atoms with Gasteiger partial charge in [0, 0.05) is 6.54 Å². The highest BCUT2D eigenvalue weighted by molar-refractivity contribution is 8.14. The number of para-hydroxylation sites is 1. The summed E-state index contributed by atoms with van der Waals surface area (Å²) >= 11 is 13.6. The van der Waals surface area contributed by atoms with E-state index >= 15 is 0 Å². The van der Waals surface area contributed by atoms with Crippen LogP contribution >= 0.6 is 47.4 Å². The van der Waals surface area contributed by atoms with Gasteiger partial charge in [0.1, 0.15) is 6.61 Å². The molecule has 4 nitrogen and oxygen atoms in total. The van der Waals surface area contributed by atoms with Crippen LogP contribution < -0.4 is 4.74 Å². The number of amidine groups is 1. The summed E-state index contributed by atoms with van der Waals surface area (Å²) in [7, 11) is 0. The molecule has 0 amide bonds. The average molecular weight is 356 g/mol. The molecule has 0 saturated carbocycles. The van der Waals surface area contributed by atoms with Crippen LogP contribution in [-0.4, -0.2) is 46.3 Å². The Morgan fingerprint density at radius 3 is 2.80 bits per heavy atom. The van der Waals surface area contributed by atoms with Crippen molar-refractivity contribution in [1.29, 1.82) is 0 Å². The van der Waals surface area contributed by atoms with Crippen molar-refractivity contribution < 1.29 is 9.84 Å². The zero-order valence-corrected chi connectivity index (χ0v) is 13.5. The van der Waals surface area contributed by atoms with Crippen molar-refractivity contribution in [3.8, 4) is 5.75 Å². The second-order valence-corrected chi connectivity index (χ2v) is 6.18. The van der Waals surface area contributed by atoms with E-state index in [4.69, 9.17) is 27.9 Å². The first-order valence-corrected chi connectivity index (χ1v) is 7.58. The third-order valence-corrected chi connectivity index (χ3v) is 4.91. The molecular weight excluding hydrogens is 343 g/mol. The highest BCUT2D eigenvalue weighted by atomic mass is 35.5. The summed E-state index contributed by atoms with van der Waals surface area (Å²) < 4.78 is 5.64. The molecule has 1 saturated heterocycles. The fourth-order valence-electron chi connectivity index (χ4n) is 2.12. The van der Waals surface area contributed by atoms with E-state index in [0.29, 0.717) is 21.5 Å². The Labute approximate surface area is 137 Å². The minimum atomic E-state index is -1.04. The molecule has 20 heavy (non-hydrogen) atoms. The number of hydrogen-bond acceptors (Lipinski definition) is 5. The molecule has 0 aliphatic carbocycles. The first kappa shape index (κ1) is 16.0. The van der Waals surface area contributed by atoms with Crippen LogP contribution in [0.2, 0.25) is 10.0 Å². The monoisotopic (exact) mass is 354 g/mol. The summed E-state index contributed by atoms with van der Waals surface area (Å²) in [6.45, 7) is 1.55. The number of thioether (sulfide) groups is 1. The summed E-state index contributed by atoms with van der Waals surface area (Å²) in [5.41, 5.74) is -1.04. The lowest BCUT2D eigenvalue weighted by Gasteiger charge is -2.31. The summed E-state index contributed by atoms with van der Waals surface area (Å²) in [5, 5.41) is 12.4.